The molecule has 7 heteroatoms. The van der Waals surface area contributed by atoms with Crippen molar-refractivity contribution in [2.24, 2.45) is 7.05 Å². The fourth-order valence-electron chi connectivity index (χ4n) is 2.27. The van der Waals surface area contributed by atoms with Gasteiger partial charge in [0, 0.05) is 12.7 Å². The van der Waals surface area contributed by atoms with Gasteiger partial charge in [-0.1, -0.05) is 19.9 Å². The van der Waals surface area contributed by atoms with Crippen LogP contribution in [-0.2, 0) is 18.3 Å². The molecule has 2 amide bonds. The van der Waals surface area contributed by atoms with Gasteiger partial charge in [-0.3, -0.25) is 14.3 Å². The second kappa shape index (κ2) is 7.54. The van der Waals surface area contributed by atoms with E-state index in [1.165, 1.54) is 24.4 Å². The Hall–Kier alpha value is -2.96. The Labute approximate surface area is 139 Å². The molecule has 2 N–H and O–H groups in total. The molecular formula is C17H19FN4O2. The molecule has 2 aromatic rings. The Morgan fingerprint density at radius 3 is 2.79 bits per heavy atom. The maximum absolute atomic E-state index is 13.7. The smallest absolute Gasteiger partial charge is 0.259 e. The maximum Gasteiger partial charge on any atom is 0.259 e. The minimum atomic E-state index is -0.601. The molecule has 0 atom stereocenters. The van der Waals surface area contributed by atoms with E-state index < -0.39 is 11.7 Å². The van der Waals surface area contributed by atoms with Crippen LogP contribution >= 0.6 is 0 Å². The molecule has 0 saturated heterocycles. The molecule has 0 radical (unpaired) electrons. The molecule has 0 saturated carbocycles. The summed E-state index contributed by atoms with van der Waals surface area (Å²) >= 11 is 0. The van der Waals surface area contributed by atoms with Crippen LogP contribution in [0.5, 0.6) is 0 Å². The van der Waals surface area contributed by atoms with E-state index in [-0.39, 0.29) is 11.6 Å². The molecular weight excluding hydrogens is 311 g/mol. The van der Waals surface area contributed by atoms with Crippen LogP contribution in [0, 0.1) is 5.82 Å². The van der Waals surface area contributed by atoms with Crippen LogP contribution in [0.25, 0.3) is 0 Å². The average Bonchev–Trinajstić information content (AvgIpc) is 2.92. The van der Waals surface area contributed by atoms with Crippen molar-refractivity contribution in [1.29, 1.82) is 0 Å². The van der Waals surface area contributed by atoms with Crippen LogP contribution in [-0.4, -0.2) is 21.6 Å². The fourth-order valence-corrected chi connectivity index (χ4v) is 2.27. The van der Waals surface area contributed by atoms with Gasteiger partial charge in [0.25, 0.3) is 5.91 Å². The number of nitrogens with zero attached hydrogens (tertiary/aromatic N) is 2. The minimum Gasteiger partial charge on any atom is -0.322 e. The summed E-state index contributed by atoms with van der Waals surface area (Å²) in [5.74, 6) is -1.47. The Kier molecular flexibility index (Phi) is 5.47. The van der Waals surface area contributed by atoms with Crippen LogP contribution in [0.2, 0.25) is 0 Å². The number of benzene rings is 1. The second-order valence-electron chi connectivity index (χ2n) is 5.22. The van der Waals surface area contributed by atoms with Gasteiger partial charge >= 0.3 is 0 Å². The Bertz CT molecular complexity index is 783. The molecule has 1 heterocycles. The number of halogens is 1. The number of hydrogen-bond donors (Lipinski definition) is 2. The van der Waals surface area contributed by atoms with Gasteiger partial charge in [-0.25, -0.2) is 4.39 Å². The third-order valence-corrected chi connectivity index (χ3v) is 3.46. The molecule has 0 aliphatic carbocycles. The van der Waals surface area contributed by atoms with E-state index in [1.54, 1.807) is 11.7 Å². The fraction of sp³-hybridized carbons (Fsp3) is 0.235. The lowest BCUT2D eigenvalue weighted by Crippen LogP contribution is -2.15. The van der Waals surface area contributed by atoms with E-state index in [0.717, 1.165) is 24.6 Å². The molecule has 0 spiro atoms. The van der Waals surface area contributed by atoms with E-state index in [2.05, 4.69) is 22.3 Å². The first-order chi connectivity index (χ1) is 11.5. The number of carbonyl (C=O) groups excluding carboxylic acids is 2. The van der Waals surface area contributed by atoms with Crippen LogP contribution in [0.1, 0.15) is 29.4 Å². The lowest BCUT2D eigenvalue weighted by molar-refractivity contribution is -0.111. The van der Waals surface area contributed by atoms with Crippen molar-refractivity contribution in [1.82, 2.24) is 9.78 Å². The summed E-state index contributed by atoms with van der Waals surface area (Å²) in [7, 11) is 1.78. The zero-order valence-electron chi connectivity index (χ0n) is 13.6. The highest BCUT2D eigenvalue weighted by Gasteiger charge is 2.16. The lowest BCUT2D eigenvalue weighted by Gasteiger charge is -2.09. The summed E-state index contributed by atoms with van der Waals surface area (Å²) in [6.45, 7) is 5.33. The monoisotopic (exact) mass is 330 g/mol. The molecule has 0 fully saturated rings. The zero-order chi connectivity index (χ0) is 17.7. The first-order valence-corrected chi connectivity index (χ1v) is 7.51. The molecule has 0 unspecified atom stereocenters. The summed E-state index contributed by atoms with van der Waals surface area (Å²) < 4.78 is 15.4. The first kappa shape index (κ1) is 17.4. The molecule has 1 aromatic carbocycles. The second-order valence-corrected chi connectivity index (χ2v) is 5.22. The summed E-state index contributed by atoms with van der Waals surface area (Å²) in [4.78, 5) is 23.7. The van der Waals surface area contributed by atoms with Crippen molar-refractivity contribution >= 4 is 23.2 Å². The predicted molar refractivity (Wildman–Crippen MR) is 90.4 cm³/mol. The number of hydrogen-bond acceptors (Lipinski definition) is 3. The third kappa shape index (κ3) is 3.87. The molecule has 6 nitrogen and oxygen atoms in total. The van der Waals surface area contributed by atoms with Crippen molar-refractivity contribution in [3.63, 3.8) is 0 Å². The van der Waals surface area contributed by atoms with Gasteiger partial charge in [-0.05, 0) is 30.7 Å². The van der Waals surface area contributed by atoms with Crippen LogP contribution < -0.4 is 10.6 Å². The first-order valence-electron chi connectivity index (χ1n) is 7.51. The van der Waals surface area contributed by atoms with Crippen LogP contribution in [0.3, 0.4) is 0 Å². The van der Waals surface area contributed by atoms with Crippen molar-refractivity contribution in [3.05, 3.63) is 54.1 Å². The summed E-state index contributed by atoms with van der Waals surface area (Å²) in [5, 5.41) is 9.15. The number of carbonyl (C=O) groups is 2. The van der Waals surface area contributed by atoms with E-state index in [4.69, 9.17) is 0 Å². The summed E-state index contributed by atoms with van der Waals surface area (Å²) in [5.41, 5.74) is 1.64. The Balaban J connectivity index is 2.22. The molecule has 0 bridgehead atoms. The normalized spacial score (nSPS) is 10.3. The molecule has 126 valence electrons. The molecule has 0 aliphatic rings. The maximum atomic E-state index is 13.7. The predicted octanol–water partition coefficient (Wildman–Crippen LogP) is 2.89. The molecule has 0 aliphatic heterocycles. The Morgan fingerprint density at radius 1 is 1.38 bits per heavy atom. The largest absolute Gasteiger partial charge is 0.322 e. The minimum absolute atomic E-state index is 0.0299. The highest BCUT2D eigenvalue weighted by Crippen LogP contribution is 2.21. The van der Waals surface area contributed by atoms with E-state index in [0.29, 0.717) is 11.3 Å². The van der Waals surface area contributed by atoms with Gasteiger partial charge in [0.1, 0.15) is 5.82 Å². The topological polar surface area (TPSA) is 76.0 Å². The number of anilines is 2. The van der Waals surface area contributed by atoms with E-state index >= 15 is 0 Å². The number of amides is 2. The number of nitrogens with one attached hydrogen (secondary N) is 2. The average molecular weight is 330 g/mol. The number of aryl methyl sites for hydroxylation is 1. The van der Waals surface area contributed by atoms with Gasteiger partial charge < -0.3 is 10.6 Å². The van der Waals surface area contributed by atoms with Crippen molar-refractivity contribution in [3.8, 4) is 0 Å². The third-order valence-electron chi connectivity index (χ3n) is 3.46. The summed E-state index contributed by atoms with van der Waals surface area (Å²) in [6.07, 6.45) is 4.15. The highest BCUT2D eigenvalue weighted by atomic mass is 19.1. The van der Waals surface area contributed by atoms with E-state index in [9.17, 15) is 14.0 Å². The van der Waals surface area contributed by atoms with Crippen molar-refractivity contribution < 1.29 is 14.0 Å². The van der Waals surface area contributed by atoms with Crippen molar-refractivity contribution in [2.45, 2.75) is 19.8 Å². The van der Waals surface area contributed by atoms with Gasteiger partial charge in [0.15, 0.2) is 0 Å². The van der Waals surface area contributed by atoms with Gasteiger partial charge in [-0.15, -0.1) is 0 Å². The SMILES string of the molecule is C=CC(=O)Nc1cc(NC(=O)c2cnn(C)c2CCC)ccc1F. The Morgan fingerprint density at radius 2 is 2.12 bits per heavy atom. The molecule has 1 aromatic heterocycles. The van der Waals surface area contributed by atoms with Crippen LogP contribution in [0.4, 0.5) is 15.8 Å². The van der Waals surface area contributed by atoms with Gasteiger partial charge in [-0.2, -0.15) is 5.10 Å². The quantitative estimate of drug-likeness (QED) is 0.800. The zero-order valence-corrected chi connectivity index (χ0v) is 13.6. The molecule has 24 heavy (non-hydrogen) atoms. The highest BCUT2D eigenvalue weighted by molar-refractivity contribution is 6.05. The standard InChI is InChI=1S/C17H19FN4O2/c1-4-6-15-12(10-19-22(15)3)17(24)20-11-7-8-13(18)14(9-11)21-16(23)5-2/h5,7-10H,2,4,6H2,1,3H3,(H,20,24)(H,21,23). The van der Waals surface area contributed by atoms with E-state index in [1.807, 2.05) is 6.92 Å². The van der Waals surface area contributed by atoms with Crippen molar-refractivity contribution in [2.75, 3.05) is 10.6 Å². The van der Waals surface area contributed by atoms with Crippen LogP contribution in [0.15, 0.2) is 37.1 Å². The van der Waals surface area contributed by atoms with Gasteiger partial charge in [0.2, 0.25) is 5.91 Å². The summed E-state index contributed by atoms with van der Waals surface area (Å²) in [6, 6.07) is 3.95. The number of aromatic nitrogens is 2. The number of rotatable bonds is 6. The lowest BCUT2D eigenvalue weighted by atomic mass is 10.1. The molecule has 2 rings (SSSR count). The van der Waals surface area contributed by atoms with Gasteiger partial charge in [0.05, 0.1) is 23.1 Å².